The van der Waals surface area contributed by atoms with Crippen molar-refractivity contribution in [1.29, 1.82) is 0 Å². The summed E-state index contributed by atoms with van der Waals surface area (Å²) in [6.07, 6.45) is -0.247. The van der Waals surface area contributed by atoms with Crippen LogP contribution in [0.1, 0.15) is 20.8 Å². The summed E-state index contributed by atoms with van der Waals surface area (Å²) in [6, 6.07) is 0.490. The highest BCUT2D eigenvalue weighted by atomic mass is 127. The number of guanidine groups is 1. The van der Waals surface area contributed by atoms with Crippen LogP contribution in [-0.4, -0.2) is 109 Å². The van der Waals surface area contributed by atoms with Gasteiger partial charge in [-0.3, -0.25) is 14.8 Å². The quantitative estimate of drug-likeness (QED) is 0.352. The Morgan fingerprint density at radius 3 is 2.12 bits per heavy atom. The molecule has 4 fully saturated rings. The number of hydrogen-bond acceptors (Lipinski definition) is 5. The Hall–Kier alpha value is -0.810. The number of piperazine rings is 4. The lowest BCUT2D eigenvalue weighted by molar-refractivity contribution is 0.0167. The third-order valence-corrected chi connectivity index (χ3v) is 5.11. The first kappa shape index (κ1) is 21.5. The molecule has 0 radical (unpaired) electrons. The second kappa shape index (κ2) is 8.92. The molecular formula is C17H33IN6O2. The van der Waals surface area contributed by atoms with E-state index in [1.54, 1.807) is 4.90 Å². The van der Waals surface area contributed by atoms with Gasteiger partial charge in [-0.1, -0.05) is 0 Å². The fraction of sp³-hybridized carbons (Fsp3) is 0.882. The lowest BCUT2D eigenvalue weighted by Crippen LogP contribution is -2.62. The molecule has 150 valence electrons. The molecule has 4 rings (SSSR count). The van der Waals surface area contributed by atoms with Crippen LogP contribution in [0.3, 0.4) is 0 Å². The van der Waals surface area contributed by atoms with Crippen LogP contribution < -0.4 is 5.73 Å². The molecule has 8 nitrogen and oxygen atoms in total. The second-order valence-electron chi connectivity index (χ2n) is 8.14. The third-order valence-electron chi connectivity index (χ3n) is 5.11. The zero-order chi connectivity index (χ0) is 18.0. The predicted octanol–water partition coefficient (Wildman–Crippen LogP) is 0.472. The Labute approximate surface area is 173 Å². The number of nitrogens with zero attached hydrogens (tertiary/aromatic N) is 5. The number of amides is 1. The Morgan fingerprint density at radius 2 is 1.62 bits per heavy atom. The van der Waals surface area contributed by atoms with Gasteiger partial charge in [-0.15, -0.1) is 24.0 Å². The lowest BCUT2D eigenvalue weighted by Gasteiger charge is -2.47. The lowest BCUT2D eigenvalue weighted by atomic mass is 10.1. The predicted molar refractivity (Wildman–Crippen MR) is 113 cm³/mol. The molecule has 0 aliphatic carbocycles. The van der Waals surface area contributed by atoms with Gasteiger partial charge in [0.2, 0.25) is 0 Å². The molecule has 26 heavy (non-hydrogen) atoms. The third kappa shape index (κ3) is 5.59. The Balaban J connectivity index is 0.00000243. The summed E-state index contributed by atoms with van der Waals surface area (Å²) in [5.74, 6) is 0.599. The van der Waals surface area contributed by atoms with E-state index in [4.69, 9.17) is 10.5 Å². The zero-order valence-electron chi connectivity index (χ0n) is 16.2. The first-order chi connectivity index (χ1) is 11.8. The molecule has 4 saturated heterocycles. The first-order valence-corrected chi connectivity index (χ1v) is 9.31. The molecule has 9 heteroatoms. The van der Waals surface area contributed by atoms with Crippen LogP contribution >= 0.6 is 24.0 Å². The van der Waals surface area contributed by atoms with Crippen LogP contribution in [0.2, 0.25) is 0 Å². The van der Waals surface area contributed by atoms with Gasteiger partial charge in [0.05, 0.1) is 6.54 Å². The number of rotatable bonds is 2. The number of fused-ring (bicyclic) bond motifs is 3. The Kier molecular flexibility index (Phi) is 7.37. The molecule has 4 aliphatic heterocycles. The van der Waals surface area contributed by atoms with Gasteiger partial charge >= 0.3 is 6.09 Å². The molecule has 1 atom stereocenters. The highest BCUT2D eigenvalue weighted by molar-refractivity contribution is 14.0. The van der Waals surface area contributed by atoms with Crippen molar-refractivity contribution in [3.8, 4) is 0 Å². The van der Waals surface area contributed by atoms with Crippen molar-refractivity contribution in [1.82, 2.24) is 19.6 Å². The molecule has 4 heterocycles. The van der Waals surface area contributed by atoms with E-state index in [-0.39, 0.29) is 30.1 Å². The summed E-state index contributed by atoms with van der Waals surface area (Å²) in [7, 11) is 0. The molecule has 0 saturated carbocycles. The van der Waals surface area contributed by atoms with Crippen molar-refractivity contribution in [2.45, 2.75) is 32.4 Å². The van der Waals surface area contributed by atoms with Gasteiger partial charge in [0.1, 0.15) is 5.60 Å². The summed E-state index contributed by atoms with van der Waals surface area (Å²) in [5.41, 5.74) is 5.74. The van der Waals surface area contributed by atoms with Gasteiger partial charge in [-0.2, -0.15) is 0 Å². The van der Waals surface area contributed by atoms with Gasteiger partial charge in [0.15, 0.2) is 5.96 Å². The highest BCUT2D eigenvalue weighted by Gasteiger charge is 2.32. The van der Waals surface area contributed by atoms with Gasteiger partial charge < -0.3 is 20.3 Å². The summed E-state index contributed by atoms with van der Waals surface area (Å²) in [4.78, 5) is 25.6. The van der Waals surface area contributed by atoms with E-state index in [1.165, 1.54) is 13.1 Å². The van der Waals surface area contributed by atoms with Gasteiger partial charge in [0.25, 0.3) is 0 Å². The van der Waals surface area contributed by atoms with Crippen molar-refractivity contribution in [3.63, 3.8) is 0 Å². The van der Waals surface area contributed by atoms with Crippen LogP contribution in [0.5, 0.6) is 0 Å². The number of aliphatic imine (C=N–C) groups is 1. The minimum atomic E-state index is -0.459. The smallest absolute Gasteiger partial charge is 0.410 e. The van der Waals surface area contributed by atoms with Gasteiger partial charge in [0, 0.05) is 64.9 Å². The Morgan fingerprint density at radius 1 is 1.04 bits per heavy atom. The maximum absolute atomic E-state index is 12.1. The minimum Gasteiger partial charge on any atom is -0.444 e. The monoisotopic (exact) mass is 480 g/mol. The summed E-state index contributed by atoms with van der Waals surface area (Å²) < 4.78 is 5.42. The minimum absolute atomic E-state index is 0. The van der Waals surface area contributed by atoms with E-state index in [0.29, 0.717) is 38.2 Å². The van der Waals surface area contributed by atoms with E-state index >= 15 is 0 Å². The fourth-order valence-corrected chi connectivity index (χ4v) is 3.64. The number of halogens is 1. The fourth-order valence-electron chi connectivity index (χ4n) is 3.64. The van der Waals surface area contributed by atoms with Gasteiger partial charge in [-0.25, -0.2) is 4.79 Å². The van der Waals surface area contributed by atoms with Crippen molar-refractivity contribution in [2.75, 3.05) is 65.4 Å². The summed E-state index contributed by atoms with van der Waals surface area (Å²) in [6.45, 7) is 14.8. The maximum atomic E-state index is 12.1. The first-order valence-electron chi connectivity index (χ1n) is 9.31. The number of hydrogen-bond donors (Lipinski definition) is 1. The molecular weight excluding hydrogens is 447 g/mol. The summed E-state index contributed by atoms with van der Waals surface area (Å²) >= 11 is 0. The van der Waals surface area contributed by atoms with E-state index < -0.39 is 5.60 Å². The molecule has 4 aliphatic rings. The molecule has 2 N–H and O–H groups in total. The molecule has 1 amide bonds. The molecule has 0 aromatic heterocycles. The number of nitrogens with two attached hydrogens (primary N) is 1. The van der Waals surface area contributed by atoms with Crippen LogP contribution in [0.25, 0.3) is 0 Å². The normalized spacial score (nSPS) is 29.3. The van der Waals surface area contributed by atoms with E-state index in [1.807, 2.05) is 20.8 Å². The largest absolute Gasteiger partial charge is 0.444 e. The topological polar surface area (TPSA) is 77.6 Å². The number of carbonyl (C=O) groups is 1. The van der Waals surface area contributed by atoms with E-state index in [9.17, 15) is 4.79 Å². The average molecular weight is 480 g/mol. The van der Waals surface area contributed by atoms with Crippen LogP contribution in [-0.2, 0) is 4.74 Å². The van der Waals surface area contributed by atoms with Crippen LogP contribution in [0, 0.1) is 0 Å². The van der Waals surface area contributed by atoms with Crippen molar-refractivity contribution >= 4 is 36.0 Å². The maximum Gasteiger partial charge on any atom is 0.410 e. The average Bonchev–Trinajstić information content (AvgIpc) is 2.59. The molecule has 0 spiro atoms. The molecule has 2 bridgehead atoms. The standard InChI is InChI=1S/C17H32N6O2.HI/c1-17(2,3)25-16(24)23-10-8-22(9-11-23)15(18)19-12-14-13-20-4-6-21(14)7-5-20;/h14H,4-13H2,1-3H3,(H2,18,19);1H. The molecule has 1 unspecified atom stereocenters. The van der Waals surface area contributed by atoms with Crippen molar-refractivity contribution in [2.24, 2.45) is 10.7 Å². The molecule has 0 aromatic carbocycles. The van der Waals surface area contributed by atoms with Crippen molar-refractivity contribution < 1.29 is 9.53 Å². The Bertz CT molecular complexity index is 508. The molecule has 0 aromatic rings. The summed E-state index contributed by atoms with van der Waals surface area (Å²) in [5, 5.41) is 0. The van der Waals surface area contributed by atoms with Gasteiger partial charge in [-0.05, 0) is 20.8 Å². The van der Waals surface area contributed by atoms with Crippen molar-refractivity contribution in [3.05, 3.63) is 0 Å². The van der Waals surface area contributed by atoms with Crippen LogP contribution in [0.15, 0.2) is 4.99 Å². The highest BCUT2D eigenvalue weighted by Crippen LogP contribution is 2.16. The van der Waals surface area contributed by atoms with E-state index in [0.717, 1.165) is 26.2 Å². The van der Waals surface area contributed by atoms with E-state index in [2.05, 4.69) is 19.7 Å². The number of ether oxygens (including phenoxy) is 1. The second-order valence-corrected chi connectivity index (χ2v) is 8.14. The number of carbonyl (C=O) groups excluding carboxylic acids is 1. The zero-order valence-corrected chi connectivity index (χ0v) is 18.5. The SMILES string of the molecule is CC(C)(C)OC(=O)N1CCN(C(N)=NCC2CN3CCN2CC3)CC1.I. The van der Waals surface area contributed by atoms with Crippen LogP contribution in [0.4, 0.5) is 4.79 Å².